The van der Waals surface area contributed by atoms with Gasteiger partial charge in [-0.15, -0.1) is 11.3 Å². The van der Waals surface area contributed by atoms with Crippen LogP contribution in [0.1, 0.15) is 38.8 Å². The van der Waals surface area contributed by atoms with Gasteiger partial charge in [0, 0.05) is 27.8 Å². The monoisotopic (exact) mass is 463 g/mol. The van der Waals surface area contributed by atoms with Crippen molar-refractivity contribution in [3.63, 3.8) is 0 Å². The van der Waals surface area contributed by atoms with Crippen LogP contribution in [0, 0.1) is 19.7 Å². The fraction of sp³-hybridized carbons (Fsp3) is 0.269. The van der Waals surface area contributed by atoms with Crippen LogP contribution in [0.15, 0.2) is 42.7 Å². The molecule has 0 aliphatic heterocycles. The van der Waals surface area contributed by atoms with Gasteiger partial charge in [0.15, 0.2) is 0 Å². The first kappa shape index (κ1) is 22.9. The number of aromatic nitrogens is 2. The van der Waals surface area contributed by atoms with Crippen LogP contribution < -0.4 is 5.32 Å². The van der Waals surface area contributed by atoms with Crippen LogP contribution in [-0.2, 0) is 17.6 Å². The maximum absolute atomic E-state index is 14.0. The topological polar surface area (TPSA) is 64.1 Å². The number of hydrogen-bond acceptors (Lipinski definition) is 6. The number of nitrogens with zero attached hydrogens (tertiary/aromatic N) is 2. The Morgan fingerprint density at radius 2 is 1.97 bits per heavy atom. The molecule has 170 valence electrons. The van der Waals surface area contributed by atoms with E-state index < -0.39 is 0 Å². The molecule has 4 aromatic rings. The highest BCUT2D eigenvalue weighted by Gasteiger charge is 2.14. The van der Waals surface area contributed by atoms with Gasteiger partial charge in [-0.3, -0.25) is 0 Å². The number of aryl methyl sites for hydroxylation is 3. The van der Waals surface area contributed by atoms with E-state index in [0.29, 0.717) is 18.5 Å². The summed E-state index contributed by atoms with van der Waals surface area (Å²) in [6.07, 6.45) is 3.01. The van der Waals surface area contributed by atoms with Crippen LogP contribution in [0.4, 0.5) is 10.2 Å². The number of carbonyl (C=O) groups is 1. The number of ether oxygens (including phenoxy) is 1. The van der Waals surface area contributed by atoms with Gasteiger partial charge in [-0.1, -0.05) is 13.0 Å². The molecule has 0 unspecified atom stereocenters. The van der Waals surface area contributed by atoms with E-state index in [4.69, 9.17) is 4.74 Å². The second-order valence-electron chi connectivity index (χ2n) is 7.92. The van der Waals surface area contributed by atoms with E-state index in [0.717, 1.165) is 44.7 Å². The predicted octanol–water partition coefficient (Wildman–Crippen LogP) is 6.12. The number of fused-ring (bicyclic) bond motifs is 1. The van der Waals surface area contributed by atoms with Gasteiger partial charge in [-0.05, 0) is 73.0 Å². The Morgan fingerprint density at radius 3 is 2.73 bits per heavy atom. The number of halogens is 1. The number of anilines is 1. The molecule has 0 radical (unpaired) electrons. The quantitative estimate of drug-likeness (QED) is 0.335. The smallest absolute Gasteiger partial charge is 0.338 e. The van der Waals surface area contributed by atoms with Crippen molar-refractivity contribution < 1.29 is 13.9 Å². The molecule has 0 aliphatic rings. The highest BCUT2D eigenvalue weighted by atomic mass is 32.1. The molecule has 0 saturated carbocycles. The van der Waals surface area contributed by atoms with Crippen molar-refractivity contribution in [1.82, 2.24) is 9.97 Å². The van der Waals surface area contributed by atoms with Gasteiger partial charge in [0.1, 0.15) is 18.0 Å². The highest BCUT2D eigenvalue weighted by molar-refractivity contribution is 7.19. The van der Waals surface area contributed by atoms with Crippen molar-refractivity contribution in [2.75, 3.05) is 19.0 Å². The standard InChI is InChI=1S/C26H26FN3O2S/c1-5-17-11-18(6-7-21(17)26(31)32-4)23-13-24(30-14-29-23)28-9-8-20-16(3)33-25-15(2)10-19(27)12-22(20)25/h6-7,10-14H,5,8-9H2,1-4H3,(H,28,29,30). The summed E-state index contributed by atoms with van der Waals surface area (Å²) in [6.45, 7) is 6.71. The molecule has 33 heavy (non-hydrogen) atoms. The summed E-state index contributed by atoms with van der Waals surface area (Å²) in [4.78, 5) is 21.9. The molecule has 0 saturated heterocycles. The third-order valence-electron chi connectivity index (χ3n) is 5.78. The number of rotatable bonds is 7. The Balaban J connectivity index is 1.51. The minimum Gasteiger partial charge on any atom is -0.465 e. The summed E-state index contributed by atoms with van der Waals surface area (Å²) in [5.74, 6) is 0.182. The average Bonchev–Trinajstić information content (AvgIpc) is 3.14. The third-order valence-corrected chi connectivity index (χ3v) is 7.08. The molecular formula is C26H26FN3O2S. The Morgan fingerprint density at radius 1 is 1.15 bits per heavy atom. The number of nitrogens with one attached hydrogen (secondary N) is 1. The number of benzene rings is 2. The first-order valence-corrected chi connectivity index (χ1v) is 11.7. The van der Waals surface area contributed by atoms with Gasteiger partial charge in [0.25, 0.3) is 0 Å². The number of esters is 1. The molecule has 1 N–H and O–H groups in total. The van der Waals surface area contributed by atoms with E-state index in [9.17, 15) is 9.18 Å². The Labute approximate surface area is 196 Å². The summed E-state index contributed by atoms with van der Waals surface area (Å²) >= 11 is 1.72. The van der Waals surface area contributed by atoms with Gasteiger partial charge in [-0.2, -0.15) is 0 Å². The lowest BCUT2D eigenvalue weighted by Crippen LogP contribution is -2.07. The summed E-state index contributed by atoms with van der Waals surface area (Å²) < 4.78 is 20.0. The third kappa shape index (κ3) is 4.73. The molecule has 2 aromatic heterocycles. The van der Waals surface area contributed by atoms with Gasteiger partial charge in [0.2, 0.25) is 0 Å². The van der Waals surface area contributed by atoms with E-state index in [1.54, 1.807) is 29.5 Å². The minimum atomic E-state index is -0.338. The number of carbonyl (C=O) groups excluding carboxylic acids is 1. The molecular weight excluding hydrogens is 437 g/mol. The van der Waals surface area contributed by atoms with Crippen LogP contribution in [-0.4, -0.2) is 29.6 Å². The van der Waals surface area contributed by atoms with E-state index in [1.807, 2.05) is 32.0 Å². The van der Waals surface area contributed by atoms with Crippen LogP contribution in [0.5, 0.6) is 0 Å². The SMILES string of the molecule is CCc1cc(-c2cc(NCCc3c(C)sc4c(C)cc(F)cc34)ncn2)ccc1C(=O)OC. The van der Waals surface area contributed by atoms with E-state index in [-0.39, 0.29) is 11.8 Å². The van der Waals surface area contributed by atoms with Gasteiger partial charge >= 0.3 is 5.97 Å². The molecule has 0 aliphatic carbocycles. The van der Waals surface area contributed by atoms with Crippen molar-refractivity contribution in [3.05, 3.63) is 75.7 Å². The summed E-state index contributed by atoms with van der Waals surface area (Å²) in [5, 5.41) is 4.37. The number of hydrogen-bond donors (Lipinski definition) is 1. The molecule has 0 bridgehead atoms. The van der Waals surface area contributed by atoms with Crippen LogP contribution in [0.25, 0.3) is 21.3 Å². The predicted molar refractivity (Wildman–Crippen MR) is 132 cm³/mol. The maximum atomic E-state index is 14.0. The first-order valence-electron chi connectivity index (χ1n) is 10.9. The molecule has 0 spiro atoms. The Hall–Kier alpha value is -3.32. The van der Waals surface area contributed by atoms with E-state index in [1.165, 1.54) is 23.9 Å². The van der Waals surface area contributed by atoms with Gasteiger partial charge in [0.05, 0.1) is 18.4 Å². The van der Waals surface area contributed by atoms with Crippen molar-refractivity contribution in [1.29, 1.82) is 0 Å². The highest BCUT2D eigenvalue weighted by Crippen LogP contribution is 2.34. The molecule has 0 fully saturated rings. The summed E-state index contributed by atoms with van der Waals surface area (Å²) in [5.41, 5.74) is 5.31. The van der Waals surface area contributed by atoms with Crippen LogP contribution >= 0.6 is 11.3 Å². The fourth-order valence-electron chi connectivity index (χ4n) is 4.09. The van der Waals surface area contributed by atoms with Gasteiger partial charge < -0.3 is 10.1 Å². The lowest BCUT2D eigenvalue weighted by atomic mass is 10.00. The minimum absolute atomic E-state index is 0.197. The van der Waals surface area contributed by atoms with Crippen molar-refractivity contribution in [3.8, 4) is 11.3 Å². The van der Waals surface area contributed by atoms with Crippen molar-refractivity contribution >= 4 is 33.2 Å². The summed E-state index contributed by atoms with van der Waals surface area (Å²) in [7, 11) is 1.39. The van der Waals surface area contributed by atoms with E-state index in [2.05, 4.69) is 22.2 Å². The molecule has 0 amide bonds. The zero-order valence-electron chi connectivity index (χ0n) is 19.2. The number of thiophene rings is 1. The van der Waals surface area contributed by atoms with Crippen molar-refractivity contribution in [2.45, 2.75) is 33.6 Å². The van der Waals surface area contributed by atoms with Crippen LogP contribution in [0.3, 0.4) is 0 Å². The molecule has 0 atom stereocenters. The molecule has 2 heterocycles. The second-order valence-corrected chi connectivity index (χ2v) is 9.14. The fourth-order valence-corrected chi connectivity index (χ4v) is 5.24. The normalized spacial score (nSPS) is 11.1. The molecule has 2 aromatic carbocycles. The average molecular weight is 464 g/mol. The maximum Gasteiger partial charge on any atom is 0.338 e. The zero-order valence-corrected chi connectivity index (χ0v) is 20.0. The largest absolute Gasteiger partial charge is 0.465 e. The van der Waals surface area contributed by atoms with Crippen LogP contribution in [0.2, 0.25) is 0 Å². The lowest BCUT2D eigenvalue weighted by Gasteiger charge is -2.10. The number of methoxy groups -OCH3 is 1. The van der Waals surface area contributed by atoms with E-state index >= 15 is 0 Å². The molecule has 4 rings (SSSR count). The first-order chi connectivity index (χ1) is 15.9. The Bertz CT molecular complexity index is 1330. The summed E-state index contributed by atoms with van der Waals surface area (Å²) in [6, 6.07) is 10.7. The molecule has 5 nitrogen and oxygen atoms in total. The molecule has 7 heteroatoms. The Kier molecular flexibility index (Phi) is 6.70. The lowest BCUT2D eigenvalue weighted by molar-refractivity contribution is 0.0599. The second kappa shape index (κ2) is 9.67. The van der Waals surface area contributed by atoms with Gasteiger partial charge in [-0.25, -0.2) is 19.2 Å². The zero-order chi connectivity index (χ0) is 23.5. The van der Waals surface area contributed by atoms with Crippen molar-refractivity contribution in [2.24, 2.45) is 0 Å².